The number of hydroxylamine groups is 2. The second kappa shape index (κ2) is 9.51. The lowest BCUT2D eigenvalue weighted by Gasteiger charge is -2.31. The molecule has 1 N–H and O–H groups in total. The van der Waals surface area contributed by atoms with Crippen LogP contribution < -0.4 is 5.32 Å². The minimum absolute atomic E-state index is 0.000558. The van der Waals surface area contributed by atoms with Gasteiger partial charge >= 0.3 is 0 Å². The largest absolute Gasteiger partial charge is 0.355 e. The fourth-order valence-corrected chi connectivity index (χ4v) is 4.56. The van der Waals surface area contributed by atoms with Gasteiger partial charge in [-0.1, -0.05) is 0 Å². The van der Waals surface area contributed by atoms with Crippen molar-refractivity contribution in [3.05, 3.63) is 59.4 Å². The van der Waals surface area contributed by atoms with E-state index in [0.717, 1.165) is 31.4 Å². The standard InChI is InChI=1S/C23H27FN4O3/c1-25-22(29)17-6-7-19(24)18(13-17)12-15-2-4-16(5-3-15)23(30)28-21(8-11-31-28)20-14-26-9-10-27-20/h6-7,9-10,13-16,21H,2-5,8,11-12H2,1H3,(H,25,29)/t15?,16?,21-/m0/s1. The van der Waals surface area contributed by atoms with Crippen molar-refractivity contribution < 1.29 is 18.8 Å². The van der Waals surface area contributed by atoms with E-state index in [1.807, 2.05) is 0 Å². The molecular weight excluding hydrogens is 399 g/mol. The molecule has 1 saturated carbocycles. The highest BCUT2D eigenvalue weighted by atomic mass is 19.1. The van der Waals surface area contributed by atoms with Gasteiger partial charge in [0.2, 0.25) is 5.91 Å². The molecule has 2 aliphatic rings. The Labute approximate surface area is 181 Å². The summed E-state index contributed by atoms with van der Waals surface area (Å²) in [4.78, 5) is 39.0. The molecule has 2 amide bonds. The van der Waals surface area contributed by atoms with E-state index >= 15 is 0 Å². The van der Waals surface area contributed by atoms with Crippen LogP contribution in [-0.2, 0) is 16.1 Å². The monoisotopic (exact) mass is 426 g/mol. The van der Waals surface area contributed by atoms with Gasteiger partial charge in [-0.15, -0.1) is 0 Å². The van der Waals surface area contributed by atoms with Crippen LogP contribution in [0, 0.1) is 17.7 Å². The van der Waals surface area contributed by atoms with Crippen molar-refractivity contribution in [2.45, 2.75) is 44.6 Å². The molecule has 0 radical (unpaired) electrons. The highest BCUT2D eigenvalue weighted by molar-refractivity contribution is 5.94. The highest BCUT2D eigenvalue weighted by Gasteiger charge is 2.38. The number of rotatable bonds is 5. The molecule has 2 aromatic rings. The minimum Gasteiger partial charge on any atom is -0.355 e. The first-order chi connectivity index (χ1) is 15.1. The van der Waals surface area contributed by atoms with Gasteiger partial charge in [0.25, 0.3) is 5.91 Å². The van der Waals surface area contributed by atoms with Crippen LogP contribution in [0.15, 0.2) is 36.8 Å². The van der Waals surface area contributed by atoms with Crippen LogP contribution in [0.2, 0.25) is 0 Å². The molecule has 1 aliphatic heterocycles. The Balaban J connectivity index is 1.36. The van der Waals surface area contributed by atoms with Gasteiger partial charge in [0.15, 0.2) is 0 Å². The summed E-state index contributed by atoms with van der Waals surface area (Å²) in [6.07, 6.45) is 9.35. The smallest absolute Gasteiger partial charge is 0.251 e. The quantitative estimate of drug-likeness (QED) is 0.794. The number of carbonyl (C=O) groups excluding carboxylic acids is 2. The minimum atomic E-state index is -0.289. The summed E-state index contributed by atoms with van der Waals surface area (Å²) in [6, 6.07) is 4.29. The third-order valence-electron chi connectivity index (χ3n) is 6.29. The van der Waals surface area contributed by atoms with Crippen LogP contribution in [-0.4, -0.2) is 40.5 Å². The SMILES string of the molecule is CNC(=O)c1ccc(F)c(CC2CCC(C(=O)N3OCC[C@H]3c3cnccn3)CC2)c1. The number of hydrogen-bond donors (Lipinski definition) is 1. The lowest BCUT2D eigenvalue weighted by Crippen LogP contribution is -2.37. The molecule has 1 aromatic heterocycles. The van der Waals surface area contributed by atoms with Gasteiger partial charge in [0, 0.05) is 37.3 Å². The fourth-order valence-electron chi connectivity index (χ4n) is 4.56. The van der Waals surface area contributed by atoms with E-state index in [-0.39, 0.29) is 35.5 Å². The number of carbonyl (C=O) groups is 2. The fraction of sp³-hybridized carbons (Fsp3) is 0.478. The van der Waals surface area contributed by atoms with E-state index in [9.17, 15) is 14.0 Å². The lowest BCUT2D eigenvalue weighted by molar-refractivity contribution is -0.183. The first-order valence-corrected chi connectivity index (χ1v) is 10.8. The first kappa shape index (κ1) is 21.4. The Kier molecular flexibility index (Phi) is 6.56. The number of benzene rings is 1. The van der Waals surface area contributed by atoms with Gasteiger partial charge in [0.05, 0.1) is 18.5 Å². The van der Waals surface area contributed by atoms with Crippen molar-refractivity contribution in [3.8, 4) is 0 Å². The van der Waals surface area contributed by atoms with Crippen molar-refractivity contribution in [1.29, 1.82) is 0 Å². The second-order valence-corrected chi connectivity index (χ2v) is 8.24. The van der Waals surface area contributed by atoms with E-state index in [2.05, 4.69) is 15.3 Å². The molecule has 8 heteroatoms. The summed E-state index contributed by atoms with van der Waals surface area (Å²) < 4.78 is 14.3. The molecule has 0 spiro atoms. The van der Waals surface area contributed by atoms with E-state index < -0.39 is 0 Å². The van der Waals surface area contributed by atoms with Crippen LogP contribution in [0.5, 0.6) is 0 Å². The van der Waals surface area contributed by atoms with Crippen molar-refractivity contribution in [2.75, 3.05) is 13.7 Å². The molecule has 1 saturated heterocycles. The summed E-state index contributed by atoms with van der Waals surface area (Å²) in [5.74, 6) is -0.328. The Bertz CT molecular complexity index is 932. The highest BCUT2D eigenvalue weighted by Crippen LogP contribution is 2.36. The maximum absolute atomic E-state index is 14.3. The summed E-state index contributed by atoms with van der Waals surface area (Å²) in [5, 5.41) is 4.06. The van der Waals surface area contributed by atoms with Crippen LogP contribution in [0.3, 0.4) is 0 Å². The zero-order valence-corrected chi connectivity index (χ0v) is 17.6. The van der Waals surface area contributed by atoms with Gasteiger partial charge in [-0.2, -0.15) is 0 Å². The summed E-state index contributed by atoms with van der Waals surface area (Å²) in [6.45, 7) is 0.489. The predicted molar refractivity (Wildman–Crippen MR) is 111 cm³/mol. The summed E-state index contributed by atoms with van der Waals surface area (Å²) >= 11 is 0. The van der Waals surface area contributed by atoms with Crippen LogP contribution in [0.25, 0.3) is 0 Å². The number of aromatic nitrogens is 2. The molecule has 2 fully saturated rings. The topological polar surface area (TPSA) is 84.4 Å². The Morgan fingerprint density at radius 1 is 1.19 bits per heavy atom. The molecule has 1 aromatic carbocycles. The van der Waals surface area contributed by atoms with Gasteiger partial charge in [-0.05, 0) is 61.8 Å². The number of halogens is 1. The molecular formula is C23H27FN4O3. The molecule has 2 heterocycles. The third-order valence-corrected chi connectivity index (χ3v) is 6.29. The maximum Gasteiger partial charge on any atom is 0.251 e. The molecule has 0 unspecified atom stereocenters. The van der Waals surface area contributed by atoms with Crippen LogP contribution in [0.1, 0.15) is 59.8 Å². The first-order valence-electron chi connectivity index (χ1n) is 10.8. The number of amides is 2. The second-order valence-electron chi connectivity index (χ2n) is 8.24. The third kappa shape index (κ3) is 4.74. The van der Waals surface area contributed by atoms with Crippen LogP contribution in [0.4, 0.5) is 4.39 Å². The van der Waals surface area contributed by atoms with E-state index in [1.54, 1.807) is 31.7 Å². The van der Waals surface area contributed by atoms with Crippen molar-refractivity contribution in [2.24, 2.45) is 11.8 Å². The average Bonchev–Trinajstić information content (AvgIpc) is 3.30. The lowest BCUT2D eigenvalue weighted by atomic mass is 9.78. The summed E-state index contributed by atoms with van der Waals surface area (Å²) in [5.41, 5.74) is 1.76. The van der Waals surface area contributed by atoms with E-state index in [4.69, 9.17) is 4.84 Å². The van der Waals surface area contributed by atoms with Crippen molar-refractivity contribution in [1.82, 2.24) is 20.3 Å². The van der Waals surface area contributed by atoms with Crippen molar-refractivity contribution in [3.63, 3.8) is 0 Å². The van der Waals surface area contributed by atoms with Gasteiger partial charge in [-0.25, -0.2) is 9.45 Å². The van der Waals surface area contributed by atoms with E-state index in [0.29, 0.717) is 30.6 Å². The zero-order chi connectivity index (χ0) is 21.8. The molecule has 31 heavy (non-hydrogen) atoms. The maximum atomic E-state index is 14.3. The molecule has 0 bridgehead atoms. The summed E-state index contributed by atoms with van der Waals surface area (Å²) in [7, 11) is 1.56. The normalized spacial score (nSPS) is 23.5. The number of nitrogens with zero attached hydrogens (tertiary/aromatic N) is 3. The number of hydrogen-bond acceptors (Lipinski definition) is 5. The van der Waals surface area contributed by atoms with E-state index in [1.165, 1.54) is 17.2 Å². The van der Waals surface area contributed by atoms with Gasteiger partial charge < -0.3 is 5.32 Å². The molecule has 164 valence electrons. The van der Waals surface area contributed by atoms with Gasteiger partial charge in [-0.3, -0.25) is 24.4 Å². The number of nitrogens with one attached hydrogen (secondary N) is 1. The molecule has 1 aliphatic carbocycles. The predicted octanol–water partition coefficient (Wildman–Crippen LogP) is 3.23. The average molecular weight is 426 g/mol. The molecule has 4 rings (SSSR count). The Hall–Kier alpha value is -2.87. The van der Waals surface area contributed by atoms with Gasteiger partial charge in [0.1, 0.15) is 11.9 Å². The Morgan fingerprint density at radius 3 is 2.71 bits per heavy atom. The van der Waals surface area contributed by atoms with Crippen LogP contribution >= 0.6 is 0 Å². The molecule has 7 nitrogen and oxygen atoms in total. The van der Waals surface area contributed by atoms with Crippen molar-refractivity contribution >= 4 is 11.8 Å². The zero-order valence-electron chi connectivity index (χ0n) is 17.6. The molecule has 1 atom stereocenters. The Morgan fingerprint density at radius 2 is 2.00 bits per heavy atom.